The third-order valence-electron chi connectivity index (χ3n) is 3.57. The number of aromatic nitrogens is 2. The Morgan fingerprint density at radius 1 is 1.37 bits per heavy atom. The van der Waals surface area contributed by atoms with E-state index in [1.165, 1.54) is 11.1 Å². The van der Waals surface area contributed by atoms with Gasteiger partial charge in [0.25, 0.3) is 0 Å². The average Bonchev–Trinajstić information content (AvgIpc) is 2.87. The molecule has 1 aromatic carbocycles. The first-order chi connectivity index (χ1) is 9.06. The third-order valence-corrected chi connectivity index (χ3v) is 3.57. The second-order valence-electron chi connectivity index (χ2n) is 5.58. The largest absolute Gasteiger partial charge is 0.486 e. The Balaban J connectivity index is 1.79. The maximum atomic E-state index is 6.02. The highest BCUT2D eigenvalue weighted by Gasteiger charge is 2.40. The molecule has 0 aliphatic carbocycles. The molecule has 1 N–H and O–H groups in total. The van der Waals surface area contributed by atoms with Crippen molar-refractivity contribution in [2.75, 3.05) is 0 Å². The van der Waals surface area contributed by atoms with Crippen LogP contribution >= 0.6 is 0 Å². The molecular formula is C15H19N3O. The van der Waals surface area contributed by atoms with Crippen molar-refractivity contribution in [2.45, 2.75) is 32.0 Å². The van der Waals surface area contributed by atoms with Gasteiger partial charge in [-0.15, -0.1) is 0 Å². The van der Waals surface area contributed by atoms with Crippen LogP contribution in [-0.2, 0) is 13.6 Å². The summed E-state index contributed by atoms with van der Waals surface area (Å²) in [6, 6.07) is 8.43. The Bertz CT molecular complexity index is 589. The Hall–Kier alpha value is -1.81. The van der Waals surface area contributed by atoms with Crippen LogP contribution in [0.1, 0.15) is 31.0 Å². The van der Waals surface area contributed by atoms with Crippen molar-refractivity contribution in [3.05, 3.63) is 47.8 Å². The molecule has 19 heavy (non-hydrogen) atoms. The van der Waals surface area contributed by atoms with Crippen LogP contribution in [0.2, 0.25) is 0 Å². The quantitative estimate of drug-likeness (QED) is 0.918. The van der Waals surface area contributed by atoms with Crippen molar-refractivity contribution in [2.24, 2.45) is 7.05 Å². The summed E-state index contributed by atoms with van der Waals surface area (Å²) in [5, 5.41) is 7.77. The van der Waals surface area contributed by atoms with Gasteiger partial charge in [-0.3, -0.25) is 4.68 Å². The summed E-state index contributed by atoms with van der Waals surface area (Å²) in [7, 11) is 1.93. The highest BCUT2D eigenvalue weighted by atomic mass is 16.5. The van der Waals surface area contributed by atoms with Gasteiger partial charge in [0.15, 0.2) is 0 Å². The predicted octanol–water partition coefficient (Wildman–Crippen LogP) is 2.42. The maximum absolute atomic E-state index is 6.02. The van der Waals surface area contributed by atoms with Crippen molar-refractivity contribution in [1.29, 1.82) is 0 Å². The molecule has 1 aliphatic heterocycles. The number of ether oxygens (including phenoxy) is 1. The molecule has 1 aliphatic rings. The zero-order chi connectivity index (χ0) is 13.5. The number of benzene rings is 1. The predicted molar refractivity (Wildman–Crippen MR) is 73.9 cm³/mol. The smallest absolute Gasteiger partial charge is 0.125 e. The number of hydrogen-bond acceptors (Lipinski definition) is 3. The van der Waals surface area contributed by atoms with E-state index in [-0.39, 0.29) is 11.6 Å². The van der Waals surface area contributed by atoms with Gasteiger partial charge in [-0.2, -0.15) is 5.10 Å². The van der Waals surface area contributed by atoms with Gasteiger partial charge >= 0.3 is 0 Å². The summed E-state index contributed by atoms with van der Waals surface area (Å²) >= 11 is 0. The van der Waals surface area contributed by atoms with Crippen LogP contribution in [0.4, 0.5) is 0 Å². The van der Waals surface area contributed by atoms with Crippen molar-refractivity contribution < 1.29 is 4.74 Å². The molecule has 2 heterocycles. The van der Waals surface area contributed by atoms with Gasteiger partial charge < -0.3 is 10.1 Å². The molecule has 3 rings (SSSR count). The van der Waals surface area contributed by atoms with Crippen LogP contribution in [0.3, 0.4) is 0 Å². The number of hydrogen-bond donors (Lipinski definition) is 1. The van der Waals surface area contributed by atoms with E-state index < -0.39 is 0 Å². The summed E-state index contributed by atoms with van der Waals surface area (Å²) in [5.74, 6) is 0.983. The van der Waals surface area contributed by atoms with Crippen molar-refractivity contribution in [3.8, 4) is 5.75 Å². The van der Waals surface area contributed by atoms with Crippen LogP contribution in [0.15, 0.2) is 36.7 Å². The molecule has 4 heteroatoms. The molecule has 0 bridgehead atoms. The number of aryl methyl sites for hydroxylation is 1. The van der Waals surface area contributed by atoms with E-state index in [1.807, 2.05) is 36.3 Å². The van der Waals surface area contributed by atoms with E-state index in [9.17, 15) is 0 Å². The standard InChI is InChI=1S/C15H19N3O/c1-15(2)14(12-6-4-5-7-13(12)19-15)16-8-11-9-17-18(3)10-11/h4-7,9-10,14,16H,8H2,1-3H3. The lowest BCUT2D eigenvalue weighted by molar-refractivity contribution is 0.0958. The first-order valence-corrected chi connectivity index (χ1v) is 6.55. The minimum Gasteiger partial charge on any atom is -0.486 e. The number of fused-ring (bicyclic) bond motifs is 1. The fourth-order valence-corrected chi connectivity index (χ4v) is 2.67. The van der Waals surface area contributed by atoms with E-state index in [1.54, 1.807) is 0 Å². The van der Waals surface area contributed by atoms with Gasteiger partial charge in [0.05, 0.1) is 12.2 Å². The average molecular weight is 257 g/mol. The van der Waals surface area contributed by atoms with Gasteiger partial charge in [-0.1, -0.05) is 18.2 Å². The van der Waals surface area contributed by atoms with Gasteiger partial charge in [0.2, 0.25) is 0 Å². The molecule has 0 radical (unpaired) electrons. The highest BCUT2D eigenvalue weighted by Crippen LogP contribution is 2.42. The molecule has 100 valence electrons. The number of rotatable bonds is 3. The summed E-state index contributed by atoms with van der Waals surface area (Å²) in [4.78, 5) is 0. The minimum atomic E-state index is -0.230. The number of nitrogens with zero attached hydrogens (tertiary/aromatic N) is 2. The minimum absolute atomic E-state index is 0.198. The number of nitrogens with one attached hydrogen (secondary N) is 1. The third kappa shape index (κ3) is 2.24. The van der Waals surface area contributed by atoms with E-state index in [4.69, 9.17) is 4.74 Å². The van der Waals surface area contributed by atoms with Gasteiger partial charge in [0, 0.05) is 30.9 Å². The summed E-state index contributed by atoms with van der Waals surface area (Å²) in [5.41, 5.74) is 2.19. The van der Waals surface area contributed by atoms with Crippen LogP contribution in [-0.4, -0.2) is 15.4 Å². The first-order valence-electron chi connectivity index (χ1n) is 6.55. The van der Waals surface area contributed by atoms with E-state index >= 15 is 0 Å². The molecule has 0 saturated carbocycles. The van der Waals surface area contributed by atoms with E-state index in [0.717, 1.165) is 12.3 Å². The molecule has 4 nitrogen and oxygen atoms in total. The second kappa shape index (κ2) is 4.38. The summed E-state index contributed by atoms with van der Waals surface area (Å²) < 4.78 is 7.84. The molecule has 0 amide bonds. The van der Waals surface area contributed by atoms with Gasteiger partial charge in [-0.05, 0) is 19.9 Å². The lowest BCUT2D eigenvalue weighted by Gasteiger charge is -2.27. The maximum Gasteiger partial charge on any atom is 0.125 e. The topological polar surface area (TPSA) is 39.1 Å². The SMILES string of the molecule is Cn1cc(CNC2c3ccccc3OC2(C)C)cn1. The van der Waals surface area contributed by atoms with E-state index in [2.05, 4.69) is 36.4 Å². The monoisotopic (exact) mass is 257 g/mol. The Labute approximate surface area is 113 Å². The van der Waals surface area contributed by atoms with Crippen molar-refractivity contribution in [1.82, 2.24) is 15.1 Å². The zero-order valence-corrected chi connectivity index (χ0v) is 11.6. The van der Waals surface area contributed by atoms with E-state index in [0.29, 0.717) is 0 Å². The Morgan fingerprint density at radius 2 is 2.16 bits per heavy atom. The molecule has 2 aromatic rings. The highest BCUT2D eigenvalue weighted by molar-refractivity contribution is 5.42. The fraction of sp³-hybridized carbons (Fsp3) is 0.400. The van der Waals surface area contributed by atoms with Crippen LogP contribution < -0.4 is 10.1 Å². The normalized spacial score (nSPS) is 20.1. The molecule has 1 unspecified atom stereocenters. The molecule has 0 saturated heterocycles. The lowest BCUT2D eigenvalue weighted by atomic mass is 9.94. The summed E-state index contributed by atoms with van der Waals surface area (Å²) in [6.07, 6.45) is 3.92. The first kappa shape index (κ1) is 12.2. The van der Waals surface area contributed by atoms with Gasteiger partial charge in [0.1, 0.15) is 11.4 Å². The summed E-state index contributed by atoms with van der Waals surface area (Å²) in [6.45, 7) is 5.03. The second-order valence-corrected chi connectivity index (χ2v) is 5.58. The Morgan fingerprint density at radius 3 is 2.89 bits per heavy atom. The van der Waals surface area contributed by atoms with Crippen LogP contribution in [0, 0.1) is 0 Å². The zero-order valence-electron chi connectivity index (χ0n) is 11.6. The molecule has 0 spiro atoms. The molecule has 1 atom stereocenters. The Kier molecular flexibility index (Phi) is 2.82. The van der Waals surface area contributed by atoms with Gasteiger partial charge in [-0.25, -0.2) is 0 Å². The van der Waals surface area contributed by atoms with Crippen LogP contribution in [0.5, 0.6) is 5.75 Å². The molecular weight excluding hydrogens is 238 g/mol. The van der Waals surface area contributed by atoms with Crippen LogP contribution in [0.25, 0.3) is 0 Å². The lowest BCUT2D eigenvalue weighted by Crippen LogP contribution is -2.38. The molecule has 1 aromatic heterocycles. The van der Waals surface area contributed by atoms with Crippen molar-refractivity contribution in [3.63, 3.8) is 0 Å². The molecule has 0 fully saturated rings. The fourth-order valence-electron chi connectivity index (χ4n) is 2.67. The van der Waals surface area contributed by atoms with Crippen molar-refractivity contribution >= 4 is 0 Å². The number of para-hydroxylation sites is 1.